The minimum atomic E-state index is -3.88. The predicted octanol–water partition coefficient (Wildman–Crippen LogP) is 4.21. The van der Waals surface area contributed by atoms with E-state index in [9.17, 15) is 16.8 Å². The molecule has 0 saturated heterocycles. The Morgan fingerprint density at radius 3 is 1.43 bits per heavy atom. The molecule has 0 aliphatic carbocycles. The molecule has 0 aliphatic rings. The van der Waals surface area contributed by atoms with Crippen LogP contribution in [0.5, 0.6) is 0 Å². The van der Waals surface area contributed by atoms with Gasteiger partial charge in [-0.15, -0.1) is 0 Å². The summed E-state index contributed by atoms with van der Waals surface area (Å²) in [4.78, 5) is 4.13. The Bertz CT molecular complexity index is 1140. The van der Waals surface area contributed by atoms with E-state index in [1.54, 1.807) is 24.3 Å². The SMILES string of the molecule is O=S(=O)(Nc1cccc(NS(=O)(=O)c2cccc(Br)c2)n1)c1cccc(Br)c1. The smallest absolute Gasteiger partial charge is 0.263 e. The standard InChI is InChI=1S/C17H13Br2N3O4S2/c18-12-4-1-6-14(10-12)27(23,24)21-16-8-3-9-17(20-16)22-28(25,26)15-7-2-5-13(19)11-15/h1-11H,(H2,20,21,22). The number of pyridine rings is 1. The van der Waals surface area contributed by atoms with Gasteiger partial charge in [0.2, 0.25) is 0 Å². The zero-order valence-corrected chi connectivity index (χ0v) is 18.8. The van der Waals surface area contributed by atoms with Crippen LogP contribution in [0.15, 0.2) is 85.5 Å². The van der Waals surface area contributed by atoms with E-state index in [1.807, 2.05) is 0 Å². The van der Waals surface area contributed by atoms with Crippen molar-refractivity contribution in [3.8, 4) is 0 Å². The Labute approximate surface area is 179 Å². The van der Waals surface area contributed by atoms with Gasteiger partial charge in [-0.05, 0) is 48.5 Å². The fourth-order valence-electron chi connectivity index (χ4n) is 2.21. The Morgan fingerprint density at radius 2 is 1.04 bits per heavy atom. The zero-order chi connectivity index (χ0) is 20.4. The van der Waals surface area contributed by atoms with Gasteiger partial charge >= 0.3 is 0 Å². The first kappa shape index (κ1) is 20.8. The fourth-order valence-corrected chi connectivity index (χ4v) is 5.40. The first-order valence-corrected chi connectivity index (χ1v) is 12.2. The molecule has 0 spiro atoms. The van der Waals surface area contributed by atoms with Gasteiger partial charge in [0.05, 0.1) is 9.79 Å². The second-order valence-corrected chi connectivity index (χ2v) is 10.7. The molecular formula is C17H13Br2N3O4S2. The maximum atomic E-state index is 12.5. The molecule has 11 heteroatoms. The summed E-state index contributed by atoms with van der Waals surface area (Å²) in [6.07, 6.45) is 0. The highest BCUT2D eigenvalue weighted by molar-refractivity contribution is 9.10. The molecule has 7 nitrogen and oxygen atoms in total. The van der Waals surface area contributed by atoms with Crippen molar-refractivity contribution in [3.63, 3.8) is 0 Å². The summed E-state index contributed by atoms with van der Waals surface area (Å²) in [5.41, 5.74) is 0. The maximum absolute atomic E-state index is 12.5. The summed E-state index contributed by atoms with van der Waals surface area (Å²) in [6, 6.07) is 16.7. The van der Waals surface area contributed by atoms with E-state index < -0.39 is 20.0 Å². The molecule has 3 rings (SSSR count). The highest BCUT2D eigenvalue weighted by Crippen LogP contribution is 2.22. The van der Waals surface area contributed by atoms with Gasteiger partial charge in [-0.2, -0.15) is 0 Å². The van der Waals surface area contributed by atoms with Crippen LogP contribution in [0.2, 0.25) is 0 Å². The summed E-state index contributed by atoms with van der Waals surface area (Å²) in [5, 5.41) is 0. The quantitative estimate of drug-likeness (QED) is 0.482. The van der Waals surface area contributed by atoms with E-state index in [2.05, 4.69) is 46.3 Å². The van der Waals surface area contributed by atoms with E-state index >= 15 is 0 Å². The second kappa shape index (κ2) is 8.19. The van der Waals surface area contributed by atoms with Crippen LogP contribution in [-0.2, 0) is 20.0 Å². The normalized spacial score (nSPS) is 11.8. The van der Waals surface area contributed by atoms with Crippen molar-refractivity contribution in [2.45, 2.75) is 9.79 Å². The van der Waals surface area contributed by atoms with Gasteiger partial charge in [-0.3, -0.25) is 9.44 Å². The van der Waals surface area contributed by atoms with Crippen molar-refractivity contribution in [1.82, 2.24) is 4.98 Å². The minimum absolute atomic E-state index is 0.0191. The highest BCUT2D eigenvalue weighted by Gasteiger charge is 2.18. The largest absolute Gasteiger partial charge is 0.263 e. The molecule has 1 heterocycles. The zero-order valence-electron chi connectivity index (χ0n) is 14.0. The van der Waals surface area contributed by atoms with Crippen LogP contribution in [0.25, 0.3) is 0 Å². The first-order chi connectivity index (χ1) is 13.2. The number of sulfonamides is 2. The Balaban J connectivity index is 1.85. The molecule has 0 saturated carbocycles. The Morgan fingerprint density at radius 1 is 0.643 bits per heavy atom. The molecule has 0 bridgehead atoms. The number of benzene rings is 2. The van der Waals surface area contributed by atoms with Crippen LogP contribution in [0.4, 0.5) is 11.6 Å². The van der Waals surface area contributed by atoms with Gasteiger partial charge in [-0.1, -0.05) is 50.1 Å². The Kier molecular flexibility index (Phi) is 6.08. The molecule has 0 fully saturated rings. The molecule has 0 unspecified atom stereocenters. The summed E-state index contributed by atoms with van der Waals surface area (Å²) in [7, 11) is -7.76. The molecule has 146 valence electrons. The van der Waals surface area contributed by atoms with Crippen molar-refractivity contribution in [3.05, 3.63) is 75.7 Å². The third kappa shape index (κ3) is 5.10. The lowest BCUT2D eigenvalue weighted by Gasteiger charge is -2.11. The molecule has 2 N–H and O–H groups in total. The number of anilines is 2. The minimum Gasteiger partial charge on any atom is -0.263 e. The van der Waals surface area contributed by atoms with Crippen molar-refractivity contribution in [1.29, 1.82) is 0 Å². The van der Waals surface area contributed by atoms with E-state index in [-0.39, 0.29) is 21.4 Å². The molecule has 0 atom stereocenters. The van der Waals surface area contributed by atoms with Gasteiger partial charge in [-0.25, -0.2) is 21.8 Å². The number of rotatable bonds is 6. The fraction of sp³-hybridized carbons (Fsp3) is 0. The highest BCUT2D eigenvalue weighted by atomic mass is 79.9. The lowest BCUT2D eigenvalue weighted by Crippen LogP contribution is -2.16. The molecule has 0 amide bonds. The van der Waals surface area contributed by atoms with Crippen molar-refractivity contribution in [2.75, 3.05) is 9.44 Å². The number of hydrogen-bond donors (Lipinski definition) is 2. The van der Waals surface area contributed by atoms with Gasteiger partial charge in [0.25, 0.3) is 20.0 Å². The summed E-state index contributed by atoms with van der Waals surface area (Å²) >= 11 is 6.45. The van der Waals surface area contributed by atoms with Gasteiger partial charge in [0.15, 0.2) is 0 Å². The third-order valence-corrected chi connectivity index (χ3v) is 7.13. The third-order valence-electron chi connectivity index (χ3n) is 3.44. The number of nitrogens with one attached hydrogen (secondary N) is 2. The van der Waals surface area contributed by atoms with E-state index in [0.29, 0.717) is 8.95 Å². The molecule has 28 heavy (non-hydrogen) atoms. The van der Waals surface area contributed by atoms with Crippen LogP contribution >= 0.6 is 31.9 Å². The average Bonchev–Trinajstić information content (AvgIpc) is 2.61. The van der Waals surface area contributed by atoms with Gasteiger partial charge in [0.1, 0.15) is 11.6 Å². The van der Waals surface area contributed by atoms with Crippen molar-refractivity contribution >= 4 is 63.5 Å². The number of hydrogen-bond acceptors (Lipinski definition) is 5. The number of halogens is 2. The number of aromatic nitrogens is 1. The Hall–Kier alpha value is -1.95. The molecule has 0 radical (unpaired) electrons. The van der Waals surface area contributed by atoms with Crippen molar-refractivity contribution < 1.29 is 16.8 Å². The van der Waals surface area contributed by atoms with Crippen LogP contribution in [-0.4, -0.2) is 21.8 Å². The summed E-state index contributed by atoms with van der Waals surface area (Å²) < 4.78 is 55.9. The van der Waals surface area contributed by atoms with Crippen LogP contribution in [0.3, 0.4) is 0 Å². The molecular weight excluding hydrogens is 534 g/mol. The van der Waals surface area contributed by atoms with E-state index in [1.165, 1.54) is 42.5 Å². The summed E-state index contributed by atoms with van der Waals surface area (Å²) in [5.74, 6) is -0.0381. The molecule has 1 aromatic heterocycles. The van der Waals surface area contributed by atoms with E-state index in [0.717, 1.165) is 0 Å². The lowest BCUT2D eigenvalue weighted by molar-refractivity contribution is 0.599. The number of nitrogens with zero attached hydrogens (tertiary/aromatic N) is 1. The molecule has 3 aromatic rings. The summed E-state index contributed by atoms with van der Waals surface area (Å²) in [6.45, 7) is 0. The van der Waals surface area contributed by atoms with Gasteiger partial charge < -0.3 is 0 Å². The average molecular weight is 547 g/mol. The van der Waals surface area contributed by atoms with Crippen LogP contribution in [0.1, 0.15) is 0 Å². The first-order valence-electron chi connectivity index (χ1n) is 7.70. The van der Waals surface area contributed by atoms with Gasteiger partial charge in [0, 0.05) is 8.95 Å². The monoisotopic (exact) mass is 545 g/mol. The van der Waals surface area contributed by atoms with E-state index in [4.69, 9.17) is 0 Å². The molecule has 0 aliphatic heterocycles. The second-order valence-electron chi connectivity index (χ2n) is 5.53. The van der Waals surface area contributed by atoms with Crippen molar-refractivity contribution in [2.24, 2.45) is 0 Å². The molecule has 2 aromatic carbocycles. The predicted molar refractivity (Wildman–Crippen MR) is 114 cm³/mol. The van der Waals surface area contributed by atoms with Crippen LogP contribution < -0.4 is 9.44 Å². The lowest BCUT2D eigenvalue weighted by atomic mass is 10.4. The topological polar surface area (TPSA) is 105 Å². The van der Waals surface area contributed by atoms with Crippen LogP contribution in [0, 0.1) is 0 Å². The maximum Gasteiger partial charge on any atom is 0.263 e.